The van der Waals surface area contributed by atoms with Gasteiger partial charge in [0.25, 0.3) is 27.2 Å². The van der Waals surface area contributed by atoms with E-state index in [2.05, 4.69) is 23.1 Å². The number of aryl methyl sites for hydroxylation is 1. The van der Waals surface area contributed by atoms with Crippen LogP contribution in [0.3, 0.4) is 0 Å². The number of phosphoric acid groups is 3. The Bertz CT molecular complexity index is 1280. The summed E-state index contributed by atoms with van der Waals surface area (Å²) >= 11 is 0. The summed E-state index contributed by atoms with van der Waals surface area (Å²) in [7, 11) is -16.7. The maximum absolute atomic E-state index is 12.1. The van der Waals surface area contributed by atoms with E-state index in [1.165, 1.54) is 17.9 Å². The van der Waals surface area contributed by atoms with Gasteiger partial charge < -0.3 is 66.3 Å². The van der Waals surface area contributed by atoms with Crippen LogP contribution in [0.4, 0.5) is 5.95 Å². The molecule has 2 unspecified atom stereocenters. The molecule has 1 fully saturated rings. The molecule has 1 aliphatic rings. The zero-order chi connectivity index (χ0) is 24.9. The number of aromatic amines is 1. The van der Waals surface area contributed by atoms with Crippen molar-refractivity contribution in [1.82, 2.24) is 14.5 Å². The standard InChI is InChI=1S/C11H18N5O14P3.BrH.4Na/c1-15-3-16(8-5(15)9(19)14-11(12)13-8)10-7(18)6(17)4(28-10)2-27-32(23,24)30-33(25,26)29-31(20,21)22;;;;;/h3-4,6-7,10,17-18H,2H2,1H3,(H6-,12,13,14,19,20,21,22,23,24,25,26);1H;;;;/q;;4*+1/p-4/t4-,6-,7-,10-;;;;;/m1...../s1. The molecule has 1 aliphatic heterocycles. The summed E-state index contributed by atoms with van der Waals surface area (Å²) in [6.07, 6.45) is -5.28. The van der Waals surface area contributed by atoms with E-state index in [-0.39, 0.29) is 152 Å². The summed E-state index contributed by atoms with van der Waals surface area (Å²) in [5.74, 6) is -0.269. The number of nitrogen functional groups attached to an aromatic ring is 1. The van der Waals surface area contributed by atoms with Crippen LogP contribution in [0.1, 0.15) is 6.23 Å². The summed E-state index contributed by atoms with van der Waals surface area (Å²) in [5.41, 5.74) is 4.86. The number of nitrogens with zero attached hydrogens (tertiary/aromatic N) is 3. The van der Waals surface area contributed by atoms with Gasteiger partial charge in [-0.1, -0.05) is 4.98 Å². The number of anilines is 1. The Morgan fingerprint density at radius 3 is 2.18 bits per heavy atom. The molecule has 38 heavy (non-hydrogen) atoms. The van der Waals surface area contributed by atoms with Crippen LogP contribution in [0.25, 0.3) is 11.2 Å². The van der Waals surface area contributed by atoms with Gasteiger partial charge in [-0.05, 0) is 0 Å². The Morgan fingerprint density at radius 2 is 1.66 bits per heavy atom. The number of hydrogen-bond acceptors (Lipinski definition) is 16. The number of ether oxygens (including phenoxy) is 1. The number of fused-ring (bicyclic) bond motifs is 1. The Morgan fingerprint density at radius 1 is 1.11 bits per heavy atom. The van der Waals surface area contributed by atoms with E-state index < -0.39 is 60.2 Å². The Balaban J connectivity index is -0.00000245. The second-order valence-corrected chi connectivity index (χ2v) is 10.9. The van der Waals surface area contributed by atoms with Crippen molar-refractivity contribution < 1.29 is 201 Å². The molecule has 0 bridgehead atoms. The fourth-order valence-electron chi connectivity index (χ4n) is 3.00. The summed E-state index contributed by atoms with van der Waals surface area (Å²) < 4.78 is 51.6. The van der Waals surface area contributed by atoms with Crippen molar-refractivity contribution >= 4 is 40.6 Å². The Labute approximate surface area is 312 Å². The molecule has 5 N–H and O–H groups in total. The molecule has 0 spiro atoms. The topological polar surface area (TPSA) is 301 Å². The van der Waals surface area contributed by atoms with Crippen LogP contribution in [0, 0.1) is 0 Å². The second kappa shape index (κ2) is 17.4. The zero-order valence-electron chi connectivity index (χ0n) is 20.5. The average molecular weight is 706 g/mol. The van der Waals surface area contributed by atoms with Crippen molar-refractivity contribution in [2.45, 2.75) is 24.5 Å². The van der Waals surface area contributed by atoms with Crippen molar-refractivity contribution in [3.63, 3.8) is 0 Å². The largest absolute Gasteiger partial charge is 1.00 e. The van der Waals surface area contributed by atoms with Crippen LogP contribution in [0.15, 0.2) is 11.1 Å². The van der Waals surface area contributed by atoms with Gasteiger partial charge in [0.05, 0.1) is 21.5 Å². The summed E-state index contributed by atoms with van der Waals surface area (Å²) in [6.45, 7) is -1.12. The summed E-state index contributed by atoms with van der Waals surface area (Å²) in [4.78, 5) is 61.8. The molecule has 0 amide bonds. The molecule has 6 atom stereocenters. The van der Waals surface area contributed by atoms with Gasteiger partial charge in [-0.2, -0.15) is 0 Å². The van der Waals surface area contributed by atoms with Crippen molar-refractivity contribution in [2.75, 3.05) is 12.3 Å². The van der Waals surface area contributed by atoms with E-state index in [9.17, 15) is 48.3 Å². The number of phosphoric ester groups is 1. The number of nitrogens with two attached hydrogens (primary N) is 1. The molecule has 0 aliphatic carbocycles. The fraction of sp³-hybridized carbons (Fsp3) is 0.545. The second-order valence-electron chi connectivity index (χ2n) is 6.60. The van der Waals surface area contributed by atoms with Crippen molar-refractivity contribution in [2.24, 2.45) is 7.05 Å². The van der Waals surface area contributed by atoms with E-state index in [4.69, 9.17) is 10.5 Å². The van der Waals surface area contributed by atoms with Gasteiger partial charge in [0, 0.05) is 0 Å². The maximum Gasteiger partial charge on any atom is 1.00 e. The van der Waals surface area contributed by atoms with E-state index in [0.717, 1.165) is 4.57 Å². The molecule has 1 saturated heterocycles. The van der Waals surface area contributed by atoms with Gasteiger partial charge >= 0.3 is 124 Å². The van der Waals surface area contributed by atoms with E-state index >= 15 is 0 Å². The number of aromatic nitrogens is 4. The molecule has 0 radical (unpaired) electrons. The minimum atomic E-state index is -6.17. The van der Waals surface area contributed by atoms with E-state index in [1.54, 1.807) is 0 Å². The molecule has 3 rings (SSSR count). The van der Waals surface area contributed by atoms with Gasteiger partial charge in [0.15, 0.2) is 6.33 Å². The third-order valence-corrected chi connectivity index (χ3v) is 7.86. The van der Waals surface area contributed by atoms with Crippen molar-refractivity contribution in [3.05, 3.63) is 16.7 Å². The molecule has 3 heterocycles. The first-order valence-electron chi connectivity index (χ1n) is 8.48. The smallest absolute Gasteiger partial charge is 1.00 e. The monoisotopic (exact) mass is 705 g/mol. The van der Waals surface area contributed by atoms with Crippen molar-refractivity contribution in [3.8, 4) is 0 Å². The number of H-pyrrole nitrogens is 1. The number of aliphatic hydroxyl groups excluding tert-OH is 2. The zero-order valence-corrected chi connectivity index (χ0v) is 32.8. The van der Waals surface area contributed by atoms with Crippen LogP contribution < -0.4 is 171 Å². The average Bonchev–Trinajstić information content (AvgIpc) is 3.07. The number of rotatable bonds is 8. The molecular weight excluding hydrogens is 691 g/mol. The minimum Gasteiger partial charge on any atom is -1.00 e. The van der Waals surface area contributed by atoms with Crippen LogP contribution in [0.2, 0.25) is 0 Å². The summed E-state index contributed by atoms with van der Waals surface area (Å²) in [6, 6.07) is 0. The SMILES string of the molecule is Cn1c[n+]([C@@H]2O[C@H](COP(=O)([O-])OP(=O)([O-])OP(=O)([O-])[O-])[C@@H](O)[C@H]2O)c2nc(N)[nH]c(=O)c21.[Br-].[Na+].[Na+].[Na+].[Na+]. The molecule has 19 nitrogen and oxygen atoms in total. The Hall–Kier alpha value is 2.92. The first-order valence-corrected chi connectivity index (χ1v) is 12.9. The summed E-state index contributed by atoms with van der Waals surface area (Å²) in [5, 5.41) is 20.5. The van der Waals surface area contributed by atoms with Crippen LogP contribution in [-0.2, 0) is 38.6 Å². The Kier molecular flexibility index (Phi) is 20.8. The van der Waals surface area contributed by atoms with Crippen molar-refractivity contribution in [1.29, 1.82) is 0 Å². The van der Waals surface area contributed by atoms with E-state index in [0.29, 0.717) is 0 Å². The predicted molar refractivity (Wildman–Crippen MR) is 92.8 cm³/mol. The van der Waals surface area contributed by atoms with Gasteiger partial charge in [0.2, 0.25) is 11.7 Å². The quantitative estimate of drug-likeness (QED) is 0.113. The van der Waals surface area contributed by atoms with Gasteiger partial charge in [-0.15, -0.1) is 0 Å². The van der Waals surface area contributed by atoms with Gasteiger partial charge in [-0.25, -0.2) is 8.88 Å². The van der Waals surface area contributed by atoms with Gasteiger partial charge in [-0.3, -0.25) is 27.8 Å². The molecular formula is C11H15BrN5Na4O14P3. The first kappa shape index (κ1) is 45.4. The minimum absolute atomic E-state index is 0. The normalized spacial score (nSPS) is 23.9. The number of halogens is 1. The third-order valence-electron chi connectivity index (χ3n) is 4.20. The fourth-order valence-corrected chi connectivity index (χ4v) is 5.87. The number of hydrogen-bond donors (Lipinski definition) is 4. The molecule has 2 aromatic rings. The molecule has 2 aromatic heterocycles. The predicted octanol–water partition coefficient (Wildman–Crippen LogP) is -20.4. The van der Waals surface area contributed by atoms with Gasteiger partial charge in [0.1, 0.15) is 18.3 Å². The number of nitrogens with one attached hydrogen (secondary N) is 1. The maximum atomic E-state index is 12.1. The molecule has 27 heteroatoms. The number of imidazole rings is 1. The molecule has 0 aromatic carbocycles. The van der Waals surface area contributed by atoms with Crippen LogP contribution in [0.5, 0.6) is 0 Å². The molecule has 194 valence electrons. The number of aliphatic hydroxyl groups is 2. The van der Waals surface area contributed by atoms with Crippen LogP contribution >= 0.6 is 23.5 Å². The third kappa shape index (κ3) is 11.8. The molecule has 0 saturated carbocycles. The van der Waals surface area contributed by atoms with Crippen LogP contribution in [-0.4, -0.2) is 49.7 Å². The van der Waals surface area contributed by atoms with E-state index in [1.807, 2.05) is 0 Å². The first-order chi connectivity index (χ1) is 15.0.